The van der Waals surface area contributed by atoms with Crippen molar-refractivity contribution in [3.63, 3.8) is 0 Å². The van der Waals surface area contributed by atoms with Crippen LogP contribution in [0, 0.1) is 6.92 Å². The molecular formula is C14H15NOS. The minimum atomic E-state index is -0.00641. The Balaban J connectivity index is 2.04. The Labute approximate surface area is 105 Å². The minimum absolute atomic E-state index is 0.00641. The van der Waals surface area contributed by atoms with E-state index >= 15 is 0 Å². The molecule has 0 radical (unpaired) electrons. The summed E-state index contributed by atoms with van der Waals surface area (Å²) in [5.74, 6) is -0.00641. The number of amides is 1. The molecule has 0 spiro atoms. The molecule has 1 amide bonds. The van der Waals surface area contributed by atoms with Gasteiger partial charge in [-0.05, 0) is 30.9 Å². The van der Waals surface area contributed by atoms with Crippen molar-refractivity contribution in [2.45, 2.75) is 19.9 Å². The molecule has 0 unspecified atom stereocenters. The van der Waals surface area contributed by atoms with Gasteiger partial charge in [-0.2, -0.15) is 0 Å². The van der Waals surface area contributed by atoms with E-state index in [0.717, 1.165) is 10.4 Å². The summed E-state index contributed by atoms with van der Waals surface area (Å²) >= 11 is 1.46. The van der Waals surface area contributed by atoms with Crippen LogP contribution in [0.1, 0.15) is 33.8 Å². The lowest BCUT2D eigenvalue weighted by Gasteiger charge is -2.13. The average Bonchev–Trinajstić information content (AvgIpc) is 2.83. The summed E-state index contributed by atoms with van der Waals surface area (Å²) in [6.45, 7) is 4.05. The molecule has 1 N–H and O–H groups in total. The highest BCUT2D eigenvalue weighted by Crippen LogP contribution is 2.15. The van der Waals surface area contributed by atoms with E-state index in [1.54, 1.807) is 0 Å². The lowest BCUT2D eigenvalue weighted by Crippen LogP contribution is -2.25. The zero-order chi connectivity index (χ0) is 12.3. The number of aryl methyl sites for hydroxylation is 1. The highest BCUT2D eigenvalue weighted by atomic mass is 32.1. The fourth-order valence-electron chi connectivity index (χ4n) is 1.61. The normalized spacial score (nSPS) is 12.1. The van der Waals surface area contributed by atoms with Crippen molar-refractivity contribution >= 4 is 17.2 Å². The second kappa shape index (κ2) is 5.15. The van der Waals surface area contributed by atoms with Crippen LogP contribution < -0.4 is 5.32 Å². The van der Waals surface area contributed by atoms with Gasteiger partial charge in [0.15, 0.2) is 0 Å². The molecule has 0 saturated heterocycles. The first kappa shape index (κ1) is 11.9. The second-order valence-electron chi connectivity index (χ2n) is 4.08. The van der Waals surface area contributed by atoms with E-state index in [0.29, 0.717) is 0 Å². The van der Waals surface area contributed by atoms with Crippen molar-refractivity contribution in [3.05, 3.63) is 57.8 Å². The number of carbonyl (C=O) groups is 1. The van der Waals surface area contributed by atoms with Crippen LogP contribution in [0.15, 0.2) is 41.8 Å². The monoisotopic (exact) mass is 245 g/mol. The van der Waals surface area contributed by atoms with Gasteiger partial charge in [0.05, 0.1) is 10.9 Å². The molecule has 2 nitrogen and oxygen atoms in total. The van der Waals surface area contributed by atoms with Gasteiger partial charge in [0.25, 0.3) is 5.91 Å². The molecule has 0 bridgehead atoms. The number of hydrogen-bond acceptors (Lipinski definition) is 2. The molecule has 0 aliphatic heterocycles. The van der Waals surface area contributed by atoms with E-state index < -0.39 is 0 Å². The number of nitrogens with one attached hydrogen (secondary N) is 1. The summed E-state index contributed by atoms with van der Waals surface area (Å²) in [4.78, 5) is 12.6. The summed E-state index contributed by atoms with van der Waals surface area (Å²) in [5, 5.41) is 4.90. The van der Waals surface area contributed by atoms with Crippen molar-refractivity contribution < 1.29 is 4.79 Å². The zero-order valence-electron chi connectivity index (χ0n) is 9.94. The van der Waals surface area contributed by atoms with Gasteiger partial charge in [0.2, 0.25) is 0 Å². The third-order valence-corrected chi connectivity index (χ3v) is 3.54. The molecule has 1 atom stereocenters. The summed E-state index contributed by atoms with van der Waals surface area (Å²) in [6, 6.07) is 12.0. The number of carbonyl (C=O) groups excluding carboxylic acids is 1. The Bertz CT molecular complexity index is 487. The Hall–Kier alpha value is -1.61. The average molecular weight is 245 g/mol. The van der Waals surface area contributed by atoms with Crippen LogP contribution in [0.3, 0.4) is 0 Å². The minimum Gasteiger partial charge on any atom is -0.345 e. The van der Waals surface area contributed by atoms with Crippen LogP contribution in [0.4, 0.5) is 0 Å². The Morgan fingerprint density at radius 2 is 1.94 bits per heavy atom. The molecule has 2 rings (SSSR count). The number of benzene rings is 1. The highest BCUT2D eigenvalue weighted by Gasteiger charge is 2.11. The van der Waals surface area contributed by atoms with Gasteiger partial charge in [0.1, 0.15) is 0 Å². The first-order valence-corrected chi connectivity index (χ1v) is 6.46. The second-order valence-corrected chi connectivity index (χ2v) is 5.03. The van der Waals surface area contributed by atoms with Gasteiger partial charge in [-0.3, -0.25) is 4.79 Å². The topological polar surface area (TPSA) is 29.1 Å². The van der Waals surface area contributed by atoms with Crippen molar-refractivity contribution in [1.82, 2.24) is 5.32 Å². The van der Waals surface area contributed by atoms with E-state index in [4.69, 9.17) is 0 Å². The number of rotatable bonds is 3. The summed E-state index contributed by atoms with van der Waals surface area (Å²) in [7, 11) is 0. The smallest absolute Gasteiger partial charge is 0.261 e. The molecule has 1 aromatic carbocycles. The quantitative estimate of drug-likeness (QED) is 0.880. The first-order chi connectivity index (χ1) is 8.16. The maximum atomic E-state index is 11.9. The number of hydrogen-bond donors (Lipinski definition) is 1. The lowest BCUT2D eigenvalue weighted by molar-refractivity contribution is 0.0944. The van der Waals surface area contributed by atoms with E-state index in [1.807, 2.05) is 24.4 Å². The van der Waals surface area contributed by atoms with Crippen LogP contribution in [-0.2, 0) is 0 Å². The van der Waals surface area contributed by atoms with Gasteiger partial charge in [-0.15, -0.1) is 11.3 Å². The highest BCUT2D eigenvalue weighted by molar-refractivity contribution is 7.12. The van der Waals surface area contributed by atoms with Crippen LogP contribution in [0.2, 0.25) is 0 Å². The van der Waals surface area contributed by atoms with Crippen LogP contribution in [0.25, 0.3) is 0 Å². The summed E-state index contributed by atoms with van der Waals surface area (Å²) in [5.41, 5.74) is 2.35. The van der Waals surface area contributed by atoms with Crippen molar-refractivity contribution in [2.24, 2.45) is 0 Å². The maximum absolute atomic E-state index is 11.9. The molecule has 2 aromatic rings. The predicted octanol–water partition coefficient (Wildman–Crippen LogP) is 3.55. The van der Waals surface area contributed by atoms with E-state index in [2.05, 4.69) is 36.5 Å². The third-order valence-electron chi connectivity index (χ3n) is 2.67. The Kier molecular flexibility index (Phi) is 3.59. The molecule has 0 fully saturated rings. The molecule has 88 valence electrons. The SMILES string of the molecule is Cc1ccc([C@H](C)NC(=O)c2cccs2)cc1. The van der Waals surface area contributed by atoms with Gasteiger partial charge < -0.3 is 5.32 Å². The van der Waals surface area contributed by atoms with Gasteiger partial charge in [-0.25, -0.2) is 0 Å². The lowest BCUT2D eigenvalue weighted by atomic mass is 10.1. The third kappa shape index (κ3) is 2.94. The largest absolute Gasteiger partial charge is 0.345 e. The zero-order valence-corrected chi connectivity index (χ0v) is 10.8. The summed E-state index contributed by atoms with van der Waals surface area (Å²) < 4.78 is 0. The Morgan fingerprint density at radius 3 is 2.53 bits per heavy atom. The van der Waals surface area contributed by atoms with E-state index in [1.165, 1.54) is 16.9 Å². The number of thiophene rings is 1. The molecule has 3 heteroatoms. The standard InChI is InChI=1S/C14H15NOS/c1-10-5-7-12(8-6-10)11(2)15-14(16)13-4-3-9-17-13/h3-9,11H,1-2H3,(H,15,16)/t11-/m0/s1. The maximum Gasteiger partial charge on any atom is 0.261 e. The molecule has 0 aliphatic carbocycles. The first-order valence-electron chi connectivity index (χ1n) is 5.58. The van der Waals surface area contributed by atoms with Crippen LogP contribution in [-0.4, -0.2) is 5.91 Å². The fraction of sp³-hybridized carbons (Fsp3) is 0.214. The van der Waals surface area contributed by atoms with Crippen LogP contribution in [0.5, 0.6) is 0 Å². The predicted molar refractivity (Wildman–Crippen MR) is 71.4 cm³/mol. The van der Waals surface area contributed by atoms with Crippen molar-refractivity contribution in [1.29, 1.82) is 0 Å². The molecule has 0 aliphatic rings. The Morgan fingerprint density at radius 1 is 1.24 bits per heavy atom. The molecule has 1 heterocycles. The van der Waals surface area contributed by atoms with Crippen LogP contribution >= 0.6 is 11.3 Å². The van der Waals surface area contributed by atoms with Gasteiger partial charge in [-0.1, -0.05) is 35.9 Å². The fourth-order valence-corrected chi connectivity index (χ4v) is 2.24. The molecule has 1 aromatic heterocycles. The van der Waals surface area contributed by atoms with E-state index in [9.17, 15) is 4.79 Å². The van der Waals surface area contributed by atoms with E-state index in [-0.39, 0.29) is 11.9 Å². The summed E-state index contributed by atoms with van der Waals surface area (Å²) in [6.07, 6.45) is 0. The van der Waals surface area contributed by atoms with Crippen molar-refractivity contribution in [2.75, 3.05) is 0 Å². The molecular weight excluding hydrogens is 230 g/mol. The van der Waals surface area contributed by atoms with Crippen molar-refractivity contribution in [3.8, 4) is 0 Å². The van der Waals surface area contributed by atoms with Gasteiger partial charge in [0, 0.05) is 0 Å². The molecule has 17 heavy (non-hydrogen) atoms. The molecule has 0 saturated carbocycles. The van der Waals surface area contributed by atoms with Gasteiger partial charge >= 0.3 is 0 Å².